The van der Waals surface area contributed by atoms with Crippen LogP contribution in [0.2, 0.25) is 0 Å². The molecule has 1 saturated heterocycles. The number of carboxylic acid groups (broad SMARTS) is 1. The van der Waals surface area contributed by atoms with E-state index in [0.29, 0.717) is 25.2 Å². The maximum atomic E-state index is 12.1. The van der Waals surface area contributed by atoms with Gasteiger partial charge < -0.3 is 10.4 Å². The molecule has 9 heteroatoms. The Labute approximate surface area is 167 Å². The average molecular weight is 442 g/mol. The highest BCUT2D eigenvalue weighted by Gasteiger charge is 2.53. The summed E-state index contributed by atoms with van der Waals surface area (Å²) in [5.41, 5.74) is 4.83. The average Bonchev–Trinajstić information content (AvgIpc) is 3.00. The number of carbonyl (C=O) groups excluding carboxylic acids is 2. The van der Waals surface area contributed by atoms with E-state index in [0.717, 1.165) is 4.47 Å². The number of halogens is 1. The highest BCUT2D eigenvalue weighted by atomic mass is 79.9. The molecule has 0 bridgehead atoms. The number of rotatable bonds is 3. The van der Waals surface area contributed by atoms with Crippen LogP contribution in [0, 0.1) is 5.92 Å². The molecule has 1 fully saturated rings. The minimum absolute atomic E-state index is 0.0448. The van der Waals surface area contributed by atoms with Crippen LogP contribution in [0.25, 0.3) is 0 Å². The zero-order valence-electron chi connectivity index (χ0n) is 15.7. The minimum Gasteiger partial charge on any atom is -0.435 e. The smallest absolute Gasteiger partial charge is 0.435 e. The summed E-state index contributed by atoms with van der Waals surface area (Å²) >= 11 is 3.31. The van der Waals surface area contributed by atoms with Crippen LogP contribution < -0.4 is 16.2 Å². The van der Waals surface area contributed by atoms with Crippen molar-refractivity contribution in [3.8, 4) is 0 Å². The predicted octanol–water partition coefficient (Wildman–Crippen LogP) is 3.31. The van der Waals surface area contributed by atoms with Crippen molar-refractivity contribution in [3.05, 3.63) is 28.7 Å². The Balaban J connectivity index is 1.81. The summed E-state index contributed by atoms with van der Waals surface area (Å²) in [6, 6.07) is 6.47. The lowest BCUT2D eigenvalue weighted by atomic mass is 10.0. The topological polar surface area (TPSA) is 108 Å². The van der Waals surface area contributed by atoms with Gasteiger partial charge in [0.05, 0.1) is 13.1 Å². The summed E-state index contributed by atoms with van der Waals surface area (Å²) in [5, 5.41) is 12.3. The fraction of sp³-hybridized carbons (Fsp3) is 0.500. The number of amides is 4. The number of urea groups is 1. The molecule has 27 heavy (non-hydrogen) atoms. The van der Waals surface area contributed by atoms with Gasteiger partial charge in [0.1, 0.15) is 5.54 Å². The molecule has 8 nitrogen and oxygen atoms in total. The van der Waals surface area contributed by atoms with Crippen LogP contribution in [0.5, 0.6) is 0 Å². The van der Waals surface area contributed by atoms with Crippen molar-refractivity contribution >= 4 is 39.6 Å². The maximum absolute atomic E-state index is 12.1. The number of quaternary nitrogens is 1. The molecule has 0 spiro atoms. The second-order valence-corrected chi connectivity index (χ2v) is 8.74. The first-order chi connectivity index (χ1) is 12.5. The molecule has 0 radical (unpaired) electrons. The van der Waals surface area contributed by atoms with Crippen molar-refractivity contribution in [2.75, 3.05) is 18.4 Å². The number of likely N-dealkylation sites (tertiary alicyclic amines) is 1. The summed E-state index contributed by atoms with van der Waals surface area (Å²) in [4.78, 5) is 35.8. The minimum atomic E-state index is -0.864. The standard InChI is InChI=1S/C18H25BrN4O4/c1-18(2,3)23(17(26)27)9-8-12(11-23)10-15(24)21-22-16(25)20-14-6-4-13(19)5-7-14/h4-7,12H,8-11H2,1-3H3,(H3-,20,21,22,24,25,26,27)/p+1/t12-,23?/m0/s1. The van der Waals surface area contributed by atoms with Crippen molar-refractivity contribution in [2.45, 2.75) is 39.2 Å². The lowest BCUT2D eigenvalue weighted by molar-refractivity contribution is -0.893. The Hall–Kier alpha value is -2.13. The normalized spacial score (nSPS) is 22.1. The van der Waals surface area contributed by atoms with Gasteiger partial charge in [-0.15, -0.1) is 0 Å². The molecule has 0 aromatic heterocycles. The van der Waals surface area contributed by atoms with Gasteiger partial charge in [0.2, 0.25) is 5.91 Å². The van der Waals surface area contributed by atoms with E-state index in [1.54, 1.807) is 24.3 Å². The molecular formula is C18H26BrN4O4+. The lowest BCUT2D eigenvalue weighted by Crippen LogP contribution is -2.61. The molecule has 1 aromatic carbocycles. The van der Waals surface area contributed by atoms with E-state index in [1.807, 2.05) is 20.8 Å². The van der Waals surface area contributed by atoms with Gasteiger partial charge >= 0.3 is 12.1 Å². The Bertz CT molecular complexity index is 717. The van der Waals surface area contributed by atoms with Crippen molar-refractivity contribution in [1.29, 1.82) is 0 Å². The summed E-state index contributed by atoms with van der Waals surface area (Å²) in [6.07, 6.45) is -0.0401. The SMILES string of the molecule is CC(C)(C)[N+]1(C(=O)O)CC[C@@H](CC(=O)NNC(=O)Nc2ccc(Br)cc2)C1. The molecule has 1 aromatic rings. The van der Waals surface area contributed by atoms with Gasteiger partial charge in [0.25, 0.3) is 0 Å². The third kappa shape index (κ3) is 5.20. The summed E-state index contributed by atoms with van der Waals surface area (Å²) in [6.45, 7) is 6.60. The van der Waals surface area contributed by atoms with Crippen molar-refractivity contribution in [2.24, 2.45) is 5.92 Å². The predicted molar refractivity (Wildman–Crippen MR) is 105 cm³/mol. The monoisotopic (exact) mass is 441 g/mol. The summed E-state index contributed by atoms with van der Waals surface area (Å²) in [7, 11) is 0. The zero-order chi connectivity index (χ0) is 20.2. The highest BCUT2D eigenvalue weighted by molar-refractivity contribution is 9.10. The van der Waals surface area contributed by atoms with Crippen LogP contribution in [0.3, 0.4) is 0 Å². The number of hydrazine groups is 1. The van der Waals surface area contributed by atoms with Gasteiger partial charge in [-0.25, -0.2) is 14.7 Å². The molecule has 1 aliphatic heterocycles. The number of anilines is 1. The lowest BCUT2D eigenvalue weighted by Gasteiger charge is -2.40. The number of hydrogen-bond donors (Lipinski definition) is 4. The van der Waals surface area contributed by atoms with Gasteiger partial charge in [-0.05, 0) is 45.0 Å². The largest absolute Gasteiger partial charge is 0.513 e. The maximum Gasteiger partial charge on any atom is 0.513 e. The van der Waals surface area contributed by atoms with Crippen LogP contribution in [0.4, 0.5) is 15.3 Å². The van der Waals surface area contributed by atoms with E-state index >= 15 is 0 Å². The molecule has 2 atom stereocenters. The van der Waals surface area contributed by atoms with Gasteiger partial charge in [0.15, 0.2) is 0 Å². The Morgan fingerprint density at radius 2 is 1.81 bits per heavy atom. The molecule has 1 unspecified atom stereocenters. The first-order valence-corrected chi connectivity index (χ1v) is 9.55. The summed E-state index contributed by atoms with van der Waals surface area (Å²) in [5.74, 6) is -0.387. The first kappa shape index (κ1) is 21.2. The second kappa shape index (κ2) is 8.26. The van der Waals surface area contributed by atoms with E-state index in [-0.39, 0.29) is 22.7 Å². The van der Waals surface area contributed by atoms with Crippen LogP contribution in [-0.4, -0.2) is 46.2 Å². The van der Waals surface area contributed by atoms with Crippen LogP contribution in [0.1, 0.15) is 33.6 Å². The Kier molecular flexibility index (Phi) is 6.48. The first-order valence-electron chi connectivity index (χ1n) is 8.75. The number of carbonyl (C=O) groups is 3. The number of nitrogens with one attached hydrogen (secondary N) is 3. The van der Waals surface area contributed by atoms with Gasteiger partial charge in [-0.1, -0.05) is 15.9 Å². The Morgan fingerprint density at radius 3 is 2.33 bits per heavy atom. The van der Waals surface area contributed by atoms with E-state index in [2.05, 4.69) is 32.1 Å². The highest BCUT2D eigenvalue weighted by Crippen LogP contribution is 2.35. The number of nitrogens with zero attached hydrogens (tertiary/aromatic N) is 1. The molecule has 4 N–H and O–H groups in total. The fourth-order valence-corrected chi connectivity index (χ4v) is 3.66. The van der Waals surface area contributed by atoms with Crippen molar-refractivity contribution in [3.63, 3.8) is 0 Å². The number of hydrogen-bond acceptors (Lipinski definition) is 3. The molecule has 0 saturated carbocycles. The van der Waals surface area contributed by atoms with E-state index in [1.165, 1.54) is 0 Å². The van der Waals surface area contributed by atoms with Crippen LogP contribution >= 0.6 is 15.9 Å². The number of benzene rings is 1. The third-order valence-corrected chi connectivity index (χ3v) is 5.56. The zero-order valence-corrected chi connectivity index (χ0v) is 17.3. The second-order valence-electron chi connectivity index (χ2n) is 7.82. The van der Waals surface area contributed by atoms with Gasteiger partial charge in [-0.3, -0.25) is 10.2 Å². The molecule has 2 rings (SSSR count). The van der Waals surface area contributed by atoms with Crippen LogP contribution in [0.15, 0.2) is 28.7 Å². The summed E-state index contributed by atoms with van der Waals surface area (Å²) < 4.78 is 0.840. The van der Waals surface area contributed by atoms with E-state index in [4.69, 9.17) is 0 Å². The fourth-order valence-electron chi connectivity index (χ4n) is 3.40. The van der Waals surface area contributed by atoms with Gasteiger partial charge in [0, 0.05) is 28.9 Å². The molecular weight excluding hydrogens is 416 g/mol. The van der Waals surface area contributed by atoms with Crippen LogP contribution in [-0.2, 0) is 4.79 Å². The quantitative estimate of drug-likeness (QED) is 0.426. The van der Waals surface area contributed by atoms with E-state index in [9.17, 15) is 19.5 Å². The molecule has 148 valence electrons. The van der Waals surface area contributed by atoms with Crippen molar-refractivity contribution in [1.82, 2.24) is 10.9 Å². The van der Waals surface area contributed by atoms with E-state index < -0.39 is 17.7 Å². The molecule has 0 aliphatic carbocycles. The Morgan fingerprint density at radius 1 is 1.19 bits per heavy atom. The molecule has 1 heterocycles. The van der Waals surface area contributed by atoms with Gasteiger partial charge in [-0.2, -0.15) is 4.79 Å². The molecule has 1 aliphatic rings. The van der Waals surface area contributed by atoms with Crippen molar-refractivity contribution < 1.29 is 24.0 Å². The molecule has 4 amide bonds. The third-order valence-electron chi connectivity index (χ3n) is 5.03.